The van der Waals surface area contributed by atoms with Crippen LogP contribution in [0.4, 0.5) is 0 Å². The number of sulfone groups is 1. The van der Waals surface area contributed by atoms with Gasteiger partial charge in [0.2, 0.25) is 5.89 Å². The van der Waals surface area contributed by atoms with Crippen molar-refractivity contribution in [3.05, 3.63) is 11.7 Å². The van der Waals surface area contributed by atoms with Gasteiger partial charge in [-0.05, 0) is 0 Å². The van der Waals surface area contributed by atoms with Crippen molar-refractivity contribution in [3.63, 3.8) is 0 Å². The van der Waals surface area contributed by atoms with Crippen LogP contribution < -0.4 is 0 Å². The van der Waals surface area contributed by atoms with E-state index in [-0.39, 0.29) is 5.75 Å². The molecule has 0 fully saturated rings. The van der Waals surface area contributed by atoms with Gasteiger partial charge in [0.25, 0.3) is 0 Å². The molecule has 0 atom stereocenters. The van der Waals surface area contributed by atoms with Crippen LogP contribution in [0.25, 0.3) is 0 Å². The highest BCUT2D eigenvalue weighted by Crippen LogP contribution is 1.97. The summed E-state index contributed by atoms with van der Waals surface area (Å²) in [6, 6.07) is 0. The van der Waals surface area contributed by atoms with Gasteiger partial charge in [0.15, 0.2) is 5.82 Å². The molecule has 6 heteroatoms. The normalized spacial score (nSPS) is 11.8. The molecule has 0 aliphatic carbocycles. The lowest BCUT2D eigenvalue weighted by Crippen LogP contribution is -2.06. The molecule has 68 valence electrons. The van der Waals surface area contributed by atoms with Gasteiger partial charge in [-0.1, -0.05) is 5.16 Å². The predicted molar refractivity (Wildman–Crippen MR) is 42.4 cm³/mol. The van der Waals surface area contributed by atoms with Crippen LogP contribution >= 0.6 is 0 Å². The van der Waals surface area contributed by atoms with Crippen LogP contribution in [-0.4, -0.2) is 30.6 Å². The SMILES string of the molecule is Cc1nc(CCS(C)(=O)=O)no1. The summed E-state index contributed by atoms with van der Waals surface area (Å²) in [7, 11) is -2.93. The van der Waals surface area contributed by atoms with Crippen molar-refractivity contribution in [2.75, 3.05) is 12.0 Å². The van der Waals surface area contributed by atoms with Crippen molar-refractivity contribution >= 4 is 9.84 Å². The largest absolute Gasteiger partial charge is 0.340 e. The van der Waals surface area contributed by atoms with E-state index in [0.717, 1.165) is 0 Å². The van der Waals surface area contributed by atoms with Gasteiger partial charge < -0.3 is 4.52 Å². The van der Waals surface area contributed by atoms with E-state index in [2.05, 4.69) is 14.7 Å². The Morgan fingerprint density at radius 2 is 2.17 bits per heavy atom. The summed E-state index contributed by atoms with van der Waals surface area (Å²) in [6.07, 6.45) is 1.50. The zero-order valence-corrected chi connectivity index (χ0v) is 7.76. The molecule has 0 aromatic carbocycles. The molecule has 0 aliphatic rings. The van der Waals surface area contributed by atoms with Gasteiger partial charge in [0.05, 0.1) is 5.75 Å². The molecule has 1 aromatic rings. The fourth-order valence-electron chi connectivity index (χ4n) is 0.720. The Balaban J connectivity index is 2.55. The van der Waals surface area contributed by atoms with Crippen LogP contribution in [0.15, 0.2) is 4.52 Å². The van der Waals surface area contributed by atoms with Gasteiger partial charge >= 0.3 is 0 Å². The summed E-state index contributed by atoms with van der Waals surface area (Å²) in [5, 5.41) is 3.57. The highest BCUT2D eigenvalue weighted by atomic mass is 32.2. The summed E-state index contributed by atoms with van der Waals surface area (Å²) in [6.45, 7) is 1.66. The third-order valence-corrected chi connectivity index (χ3v) is 2.21. The van der Waals surface area contributed by atoms with E-state index in [4.69, 9.17) is 0 Å². The van der Waals surface area contributed by atoms with E-state index >= 15 is 0 Å². The van der Waals surface area contributed by atoms with Crippen molar-refractivity contribution in [2.24, 2.45) is 0 Å². The molecule has 1 heterocycles. The second-order valence-electron chi connectivity index (χ2n) is 2.61. The van der Waals surface area contributed by atoms with E-state index in [0.29, 0.717) is 18.1 Å². The monoisotopic (exact) mass is 190 g/mol. The van der Waals surface area contributed by atoms with Gasteiger partial charge in [-0.2, -0.15) is 4.98 Å². The zero-order chi connectivity index (χ0) is 9.19. The predicted octanol–water partition coefficient (Wildman–Crippen LogP) is -0.0349. The topological polar surface area (TPSA) is 73.1 Å². The minimum Gasteiger partial charge on any atom is -0.340 e. The molecular weight excluding hydrogens is 180 g/mol. The smallest absolute Gasteiger partial charge is 0.223 e. The van der Waals surface area contributed by atoms with E-state index in [9.17, 15) is 8.42 Å². The number of aryl methyl sites for hydroxylation is 2. The molecule has 0 bridgehead atoms. The molecule has 1 aromatic heterocycles. The first-order chi connectivity index (χ1) is 5.47. The van der Waals surface area contributed by atoms with Crippen LogP contribution in [0.2, 0.25) is 0 Å². The molecule has 0 radical (unpaired) electrons. The first-order valence-electron chi connectivity index (χ1n) is 3.44. The standard InChI is InChI=1S/C6H10N2O3S/c1-5-7-6(8-11-5)3-4-12(2,9)10/h3-4H2,1-2H3. The Bertz CT molecular complexity index is 355. The van der Waals surface area contributed by atoms with Gasteiger partial charge in [-0.25, -0.2) is 8.42 Å². The summed E-state index contributed by atoms with van der Waals surface area (Å²) >= 11 is 0. The Kier molecular flexibility index (Phi) is 2.46. The van der Waals surface area contributed by atoms with E-state index in [1.54, 1.807) is 6.92 Å². The van der Waals surface area contributed by atoms with Crippen molar-refractivity contribution in [1.29, 1.82) is 0 Å². The third kappa shape index (κ3) is 3.00. The van der Waals surface area contributed by atoms with Crippen molar-refractivity contribution in [2.45, 2.75) is 13.3 Å². The van der Waals surface area contributed by atoms with Crippen LogP contribution in [0.1, 0.15) is 11.7 Å². The molecule has 0 amide bonds. The van der Waals surface area contributed by atoms with Crippen molar-refractivity contribution < 1.29 is 12.9 Å². The molecule has 12 heavy (non-hydrogen) atoms. The Labute approximate surface area is 70.7 Å². The fourth-order valence-corrected chi connectivity index (χ4v) is 1.27. The number of aromatic nitrogens is 2. The molecule has 0 saturated heterocycles. The summed E-state index contributed by atoms with van der Waals surface area (Å²) in [5.74, 6) is 0.961. The van der Waals surface area contributed by atoms with E-state index in [1.165, 1.54) is 6.26 Å². The van der Waals surface area contributed by atoms with Crippen LogP contribution in [0, 0.1) is 6.92 Å². The maximum Gasteiger partial charge on any atom is 0.223 e. The van der Waals surface area contributed by atoms with E-state index < -0.39 is 9.84 Å². The second kappa shape index (κ2) is 3.22. The number of hydrogen-bond donors (Lipinski definition) is 0. The highest BCUT2D eigenvalue weighted by molar-refractivity contribution is 7.90. The second-order valence-corrected chi connectivity index (χ2v) is 4.87. The zero-order valence-electron chi connectivity index (χ0n) is 6.94. The molecule has 0 aliphatic heterocycles. The molecule has 0 N–H and O–H groups in total. The molecule has 5 nitrogen and oxygen atoms in total. The lowest BCUT2D eigenvalue weighted by atomic mass is 10.5. The molecule has 0 saturated carbocycles. The van der Waals surface area contributed by atoms with Gasteiger partial charge in [-0.15, -0.1) is 0 Å². The van der Waals surface area contributed by atoms with Gasteiger partial charge in [0.1, 0.15) is 9.84 Å². The number of nitrogens with zero attached hydrogens (tertiary/aromatic N) is 2. The minimum atomic E-state index is -2.93. The Morgan fingerprint density at radius 1 is 1.50 bits per heavy atom. The molecule has 0 unspecified atom stereocenters. The molecule has 0 spiro atoms. The maximum atomic E-state index is 10.7. The summed E-state index contributed by atoms with van der Waals surface area (Å²) in [4.78, 5) is 3.87. The van der Waals surface area contributed by atoms with Gasteiger partial charge in [-0.3, -0.25) is 0 Å². The maximum absolute atomic E-state index is 10.7. The van der Waals surface area contributed by atoms with Crippen molar-refractivity contribution in [3.8, 4) is 0 Å². The lowest BCUT2D eigenvalue weighted by Gasteiger charge is -1.91. The highest BCUT2D eigenvalue weighted by Gasteiger charge is 2.07. The Morgan fingerprint density at radius 3 is 2.58 bits per heavy atom. The van der Waals surface area contributed by atoms with Crippen LogP contribution in [0.5, 0.6) is 0 Å². The Hall–Kier alpha value is -0.910. The van der Waals surface area contributed by atoms with E-state index in [1.807, 2.05) is 0 Å². The molecule has 1 rings (SSSR count). The van der Waals surface area contributed by atoms with Gasteiger partial charge in [0, 0.05) is 19.6 Å². The fraction of sp³-hybridized carbons (Fsp3) is 0.667. The third-order valence-electron chi connectivity index (χ3n) is 1.27. The van der Waals surface area contributed by atoms with Crippen molar-refractivity contribution in [1.82, 2.24) is 10.1 Å². The average Bonchev–Trinajstić information content (AvgIpc) is 2.30. The number of hydrogen-bond acceptors (Lipinski definition) is 5. The minimum absolute atomic E-state index is 0.0615. The average molecular weight is 190 g/mol. The molecular formula is C6H10N2O3S. The summed E-state index contributed by atoms with van der Waals surface area (Å²) < 4.78 is 26.1. The lowest BCUT2D eigenvalue weighted by molar-refractivity contribution is 0.388. The summed E-state index contributed by atoms with van der Waals surface area (Å²) in [5.41, 5.74) is 0. The number of rotatable bonds is 3. The van der Waals surface area contributed by atoms with Crippen LogP contribution in [-0.2, 0) is 16.3 Å². The first kappa shape index (κ1) is 9.18. The first-order valence-corrected chi connectivity index (χ1v) is 5.50. The van der Waals surface area contributed by atoms with Crippen LogP contribution in [0.3, 0.4) is 0 Å². The quantitative estimate of drug-likeness (QED) is 0.669.